The van der Waals surface area contributed by atoms with Gasteiger partial charge in [0.05, 0.1) is 17.6 Å². The number of hydrogen-bond donors (Lipinski definition) is 1. The van der Waals surface area contributed by atoms with E-state index in [1.165, 1.54) is 4.88 Å². The molecule has 1 aliphatic heterocycles. The molecule has 0 fully saturated rings. The van der Waals surface area contributed by atoms with Crippen LogP contribution in [0.25, 0.3) is 0 Å². The summed E-state index contributed by atoms with van der Waals surface area (Å²) >= 11 is 5.20. The number of nitriles is 1. The number of carbonyl (C=O) groups is 1. The van der Waals surface area contributed by atoms with Gasteiger partial charge in [0.1, 0.15) is 5.82 Å². The van der Waals surface area contributed by atoms with Crippen molar-refractivity contribution in [3.63, 3.8) is 0 Å². The maximum atomic E-state index is 13.5. The van der Waals surface area contributed by atoms with Crippen molar-refractivity contribution >= 4 is 38.7 Å². The third kappa shape index (κ3) is 3.51. The Hall–Kier alpha value is -2.36. The van der Waals surface area contributed by atoms with Crippen molar-refractivity contribution in [2.24, 2.45) is 11.1 Å². The lowest BCUT2D eigenvalue weighted by molar-refractivity contribution is -0.118. The molecule has 0 radical (unpaired) electrons. The molecule has 0 saturated heterocycles. The van der Waals surface area contributed by atoms with E-state index in [0.29, 0.717) is 17.8 Å². The minimum absolute atomic E-state index is 0.109. The van der Waals surface area contributed by atoms with Gasteiger partial charge in [-0.05, 0) is 48.6 Å². The van der Waals surface area contributed by atoms with Gasteiger partial charge in [0.2, 0.25) is 0 Å². The number of nitrogens with zero attached hydrogens (tertiary/aromatic N) is 2. The summed E-state index contributed by atoms with van der Waals surface area (Å²) in [6.45, 7) is 6.34. The van der Waals surface area contributed by atoms with Crippen LogP contribution in [0.1, 0.15) is 49.3 Å². The second-order valence-electron chi connectivity index (χ2n) is 8.62. The van der Waals surface area contributed by atoms with Crippen LogP contribution in [0.5, 0.6) is 0 Å². The Morgan fingerprint density at radius 2 is 2.07 bits per heavy atom. The summed E-state index contributed by atoms with van der Waals surface area (Å²) in [6.07, 6.45) is 2.12. The van der Waals surface area contributed by atoms with Crippen LogP contribution in [0, 0.1) is 16.7 Å². The molecule has 0 amide bonds. The first-order chi connectivity index (χ1) is 14.3. The molecule has 2 heterocycles. The SMILES string of the molecule is CCc1ccc([C@H]2C(C#N)=C(N)N(c3cccc(Br)c3)C3=C2C(=O)CC(C)(C)C3)s1. The van der Waals surface area contributed by atoms with Crippen LogP contribution in [-0.4, -0.2) is 5.78 Å². The first-order valence-electron chi connectivity index (χ1n) is 10.1. The fourth-order valence-corrected chi connectivity index (χ4v) is 5.90. The van der Waals surface area contributed by atoms with Crippen molar-refractivity contribution in [2.75, 3.05) is 4.90 Å². The van der Waals surface area contributed by atoms with Crippen LogP contribution in [0.2, 0.25) is 0 Å². The molecule has 0 spiro atoms. The van der Waals surface area contributed by atoms with Gasteiger partial charge in [-0.3, -0.25) is 9.69 Å². The van der Waals surface area contributed by atoms with Gasteiger partial charge in [0.15, 0.2) is 5.78 Å². The number of Topliss-reactive ketones (excluding diaryl/α,β-unsaturated/α-hetero) is 1. The quantitative estimate of drug-likeness (QED) is 0.582. The predicted octanol–water partition coefficient (Wildman–Crippen LogP) is 6.01. The van der Waals surface area contributed by atoms with E-state index in [1.54, 1.807) is 11.3 Å². The summed E-state index contributed by atoms with van der Waals surface area (Å²) in [6, 6.07) is 14.3. The molecule has 0 saturated carbocycles. The minimum Gasteiger partial charge on any atom is -0.384 e. The fourth-order valence-electron chi connectivity index (χ4n) is 4.44. The fraction of sp³-hybridized carbons (Fsp3) is 0.333. The number of thiophene rings is 1. The summed E-state index contributed by atoms with van der Waals surface area (Å²) in [5.41, 5.74) is 9.43. The van der Waals surface area contributed by atoms with Gasteiger partial charge in [-0.1, -0.05) is 42.8 Å². The van der Waals surface area contributed by atoms with Crippen molar-refractivity contribution in [1.29, 1.82) is 5.26 Å². The highest BCUT2D eigenvalue weighted by atomic mass is 79.9. The lowest BCUT2D eigenvalue weighted by Crippen LogP contribution is -2.42. The molecule has 0 unspecified atom stereocenters. The van der Waals surface area contributed by atoms with Gasteiger partial charge in [-0.2, -0.15) is 5.26 Å². The van der Waals surface area contributed by atoms with Gasteiger partial charge in [0.25, 0.3) is 0 Å². The number of anilines is 1. The average molecular weight is 482 g/mol. The Kier molecular flexibility index (Phi) is 5.37. The van der Waals surface area contributed by atoms with E-state index in [9.17, 15) is 10.1 Å². The van der Waals surface area contributed by atoms with E-state index >= 15 is 0 Å². The second kappa shape index (κ2) is 7.72. The van der Waals surface area contributed by atoms with E-state index in [2.05, 4.69) is 48.8 Å². The zero-order chi connectivity index (χ0) is 21.6. The predicted molar refractivity (Wildman–Crippen MR) is 125 cm³/mol. The molecule has 2 N–H and O–H groups in total. The molecule has 154 valence electrons. The average Bonchev–Trinajstić information content (AvgIpc) is 3.15. The number of rotatable bonds is 3. The van der Waals surface area contributed by atoms with Crippen molar-refractivity contribution < 1.29 is 4.79 Å². The summed E-state index contributed by atoms with van der Waals surface area (Å²) in [5, 5.41) is 10.1. The molecule has 1 atom stereocenters. The molecule has 30 heavy (non-hydrogen) atoms. The van der Waals surface area contributed by atoms with Crippen molar-refractivity contribution in [3.8, 4) is 6.07 Å². The Morgan fingerprint density at radius 1 is 1.30 bits per heavy atom. The maximum Gasteiger partial charge on any atom is 0.162 e. The summed E-state index contributed by atoms with van der Waals surface area (Å²) in [7, 11) is 0. The van der Waals surface area contributed by atoms with Crippen LogP contribution in [0.4, 0.5) is 5.69 Å². The summed E-state index contributed by atoms with van der Waals surface area (Å²) < 4.78 is 0.919. The van der Waals surface area contributed by atoms with Crippen molar-refractivity contribution in [2.45, 2.75) is 46.0 Å². The van der Waals surface area contributed by atoms with Crippen LogP contribution in [0.15, 0.2) is 63.5 Å². The largest absolute Gasteiger partial charge is 0.384 e. The molecule has 4 rings (SSSR count). The van der Waals surface area contributed by atoms with Gasteiger partial charge < -0.3 is 5.73 Å². The zero-order valence-corrected chi connectivity index (χ0v) is 19.7. The van der Waals surface area contributed by atoms with E-state index in [0.717, 1.165) is 39.1 Å². The second-order valence-corrected chi connectivity index (χ2v) is 10.7. The third-order valence-electron chi connectivity index (χ3n) is 5.76. The maximum absolute atomic E-state index is 13.5. The van der Waals surface area contributed by atoms with Crippen LogP contribution in [-0.2, 0) is 11.2 Å². The monoisotopic (exact) mass is 481 g/mol. The highest BCUT2D eigenvalue weighted by Gasteiger charge is 2.45. The minimum atomic E-state index is -0.387. The molecular weight excluding hydrogens is 458 g/mol. The Labute approximate surface area is 189 Å². The Morgan fingerprint density at radius 3 is 2.70 bits per heavy atom. The molecule has 1 aromatic heterocycles. The number of benzene rings is 1. The number of aryl methyl sites for hydroxylation is 1. The Balaban J connectivity index is 1.99. The summed E-state index contributed by atoms with van der Waals surface area (Å²) in [5.74, 6) is 0.136. The first-order valence-corrected chi connectivity index (χ1v) is 11.7. The number of hydrogen-bond acceptors (Lipinski definition) is 5. The number of carbonyl (C=O) groups excluding carboxylic acids is 1. The number of allylic oxidation sites excluding steroid dienone is 3. The van der Waals surface area contributed by atoms with Gasteiger partial charge >= 0.3 is 0 Å². The smallest absolute Gasteiger partial charge is 0.162 e. The highest BCUT2D eigenvalue weighted by Crippen LogP contribution is 2.51. The van der Waals surface area contributed by atoms with Crippen LogP contribution in [0.3, 0.4) is 0 Å². The van der Waals surface area contributed by atoms with E-state index in [-0.39, 0.29) is 17.1 Å². The van der Waals surface area contributed by atoms with E-state index < -0.39 is 0 Å². The molecule has 2 aromatic rings. The van der Waals surface area contributed by atoms with Crippen LogP contribution < -0.4 is 10.6 Å². The number of nitrogens with two attached hydrogens (primary N) is 1. The lowest BCUT2D eigenvalue weighted by Gasteiger charge is -2.43. The highest BCUT2D eigenvalue weighted by molar-refractivity contribution is 9.10. The molecule has 2 aliphatic rings. The van der Waals surface area contributed by atoms with Gasteiger partial charge in [0, 0.05) is 37.6 Å². The molecule has 1 aliphatic carbocycles. The number of halogens is 1. The third-order valence-corrected chi connectivity index (χ3v) is 7.55. The van der Waals surface area contributed by atoms with Crippen LogP contribution >= 0.6 is 27.3 Å². The van der Waals surface area contributed by atoms with Crippen molar-refractivity contribution in [3.05, 3.63) is 73.3 Å². The molecule has 0 bridgehead atoms. The standard InChI is InChI=1S/C24H24BrN3OS/c1-4-16-8-9-20(30-16)21-17(13-26)23(27)28(15-7-5-6-14(25)10-15)18-11-24(2,3)12-19(29)22(18)21/h5-10,21H,4,11-12,27H2,1-3H3/t21-/m1/s1. The summed E-state index contributed by atoms with van der Waals surface area (Å²) in [4.78, 5) is 17.6. The lowest BCUT2D eigenvalue weighted by atomic mass is 9.69. The number of ketones is 1. The molecule has 6 heteroatoms. The molecular formula is C24H24BrN3OS. The van der Waals surface area contributed by atoms with E-state index in [4.69, 9.17) is 5.73 Å². The van der Waals surface area contributed by atoms with E-state index in [1.807, 2.05) is 35.2 Å². The molecule has 1 aromatic carbocycles. The molecule has 4 nitrogen and oxygen atoms in total. The first kappa shape index (κ1) is 20.9. The van der Waals surface area contributed by atoms with Crippen molar-refractivity contribution in [1.82, 2.24) is 0 Å². The normalized spacial score (nSPS) is 21.0. The van der Waals surface area contributed by atoms with Gasteiger partial charge in [-0.25, -0.2) is 0 Å². The topological polar surface area (TPSA) is 70.1 Å². The Bertz CT molecular complexity index is 1140. The van der Waals surface area contributed by atoms with Gasteiger partial charge in [-0.15, -0.1) is 11.3 Å². The zero-order valence-electron chi connectivity index (χ0n) is 17.3.